The van der Waals surface area contributed by atoms with Gasteiger partial charge >= 0.3 is 0 Å². The second-order valence-electron chi connectivity index (χ2n) is 5.20. The normalized spacial score (nSPS) is 14.6. The number of rotatable bonds is 6. The number of anilines is 1. The molecule has 2 N–H and O–H groups in total. The van der Waals surface area contributed by atoms with E-state index in [1.54, 1.807) is 0 Å². The third-order valence-corrected chi connectivity index (χ3v) is 4.22. The summed E-state index contributed by atoms with van der Waals surface area (Å²) in [6.45, 7) is 6.78. The minimum absolute atomic E-state index is 0.00445. The quantitative estimate of drug-likeness (QED) is 0.814. The maximum absolute atomic E-state index is 9.55. The molecule has 3 heteroatoms. The van der Waals surface area contributed by atoms with Crippen LogP contribution >= 0.6 is 0 Å². The average molecular weight is 249 g/mol. The van der Waals surface area contributed by atoms with Crippen molar-refractivity contribution >= 4 is 5.69 Å². The first kappa shape index (κ1) is 13.4. The van der Waals surface area contributed by atoms with E-state index in [1.165, 1.54) is 11.1 Å². The van der Waals surface area contributed by atoms with E-state index < -0.39 is 0 Å². The Morgan fingerprint density at radius 1 is 1.22 bits per heavy atom. The fraction of sp³-hybridized carbons (Fsp3) is 0.600. The van der Waals surface area contributed by atoms with Gasteiger partial charge in [0.05, 0.1) is 19.8 Å². The van der Waals surface area contributed by atoms with Gasteiger partial charge in [0.2, 0.25) is 0 Å². The predicted octanol–water partition coefficient (Wildman–Crippen LogP) is 2.93. The van der Waals surface area contributed by atoms with Crippen molar-refractivity contribution in [2.24, 2.45) is 5.41 Å². The molecule has 0 radical (unpaired) electrons. The Morgan fingerprint density at radius 2 is 1.94 bits per heavy atom. The molecular formula is C15H23NO2. The first-order chi connectivity index (χ1) is 8.73. The molecule has 0 fully saturated rings. The van der Waals surface area contributed by atoms with Gasteiger partial charge in [-0.25, -0.2) is 0 Å². The van der Waals surface area contributed by atoms with Crippen LogP contribution in [0.2, 0.25) is 0 Å². The Morgan fingerprint density at radius 3 is 2.61 bits per heavy atom. The zero-order chi connectivity index (χ0) is 13.0. The molecule has 18 heavy (non-hydrogen) atoms. The van der Waals surface area contributed by atoms with Crippen molar-refractivity contribution in [3.63, 3.8) is 0 Å². The zero-order valence-electron chi connectivity index (χ0n) is 11.3. The summed E-state index contributed by atoms with van der Waals surface area (Å²) in [4.78, 5) is 0. The van der Waals surface area contributed by atoms with Crippen LogP contribution in [-0.2, 0) is 18.0 Å². The fourth-order valence-corrected chi connectivity index (χ4v) is 2.35. The van der Waals surface area contributed by atoms with Crippen molar-refractivity contribution in [1.82, 2.24) is 0 Å². The average Bonchev–Trinajstić information content (AvgIpc) is 2.88. The SMILES string of the molecule is CCC(CC)(CO)CNc1ccc2c(c1)COC2. The van der Waals surface area contributed by atoms with Crippen LogP contribution < -0.4 is 5.32 Å². The number of nitrogens with one attached hydrogen (secondary N) is 1. The maximum atomic E-state index is 9.55. The highest BCUT2D eigenvalue weighted by molar-refractivity contribution is 5.49. The van der Waals surface area contributed by atoms with Crippen LogP contribution in [0.5, 0.6) is 0 Å². The minimum Gasteiger partial charge on any atom is -0.396 e. The largest absolute Gasteiger partial charge is 0.396 e. The summed E-state index contributed by atoms with van der Waals surface area (Å²) in [5.41, 5.74) is 3.69. The smallest absolute Gasteiger partial charge is 0.0725 e. The zero-order valence-corrected chi connectivity index (χ0v) is 11.3. The van der Waals surface area contributed by atoms with Crippen molar-refractivity contribution in [2.75, 3.05) is 18.5 Å². The molecular weight excluding hydrogens is 226 g/mol. The molecule has 0 spiro atoms. The predicted molar refractivity (Wildman–Crippen MR) is 73.5 cm³/mol. The van der Waals surface area contributed by atoms with Crippen LogP contribution in [0.1, 0.15) is 37.8 Å². The van der Waals surface area contributed by atoms with Gasteiger partial charge < -0.3 is 15.2 Å². The first-order valence-corrected chi connectivity index (χ1v) is 6.77. The van der Waals surface area contributed by atoms with E-state index in [0.29, 0.717) is 0 Å². The molecule has 0 amide bonds. The Bertz CT molecular complexity index is 391. The van der Waals surface area contributed by atoms with E-state index >= 15 is 0 Å². The molecule has 0 saturated carbocycles. The number of aliphatic hydroxyl groups is 1. The lowest BCUT2D eigenvalue weighted by molar-refractivity contribution is 0.127. The lowest BCUT2D eigenvalue weighted by atomic mass is 9.83. The standard InChI is InChI=1S/C15H23NO2/c1-3-15(4-2,11-17)10-16-14-6-5-12-8-18-9-13(12)7-14/h5-7,16-17H,3-4,8-11H2,1-2H3. The van der Waals surface area contributed by atoms with Crippen LogP contribution in [0, 0.1) is 5.41 Å². The highest BCUT2D eigenvalue weighted by atomic mass is 16.5. The van der Waals surface area contributed by atoms with Gasteiger partial charge in [0.15, 0.2) is 0 Å². The van der Waals surface area contributed by atoms with E-state index in [1.807, 2.05) is 0 Å². The molecule has 1 aliphatic rings. The molecule has 3 nitrogen and oxygen atoms in total. The summed E-state index contributed by atoms with van der Waals surface area (Å²) in [7, 11) is 0. The molecule has 0 aromatic heterocycles. The van der Waals surface area contributed by atoms with Gasteiger partial charge in [0, 0.05) is 17.6 Å². The number of ether oxygens (including phenoxy) is 1. The van der Waals surface area contributed by atoms with Gasteiger partial charge in [-0.15, -0.1) is 0 Å². The monoisotopic (exact) mass is 249 g/mol. The summed E-state index contributed by atoms with van der Waals surface area (Å²) in [5.74, 6) is 0. The van der Waals surface area contributed by atoms with Crippen molar-refractivity contribution < 1.29 is 9.84 Å². The highest BCUT2D eigenvalue weighted by Crippen LogP contribution is 2.28. The van der Waals surface area contributed by atoms with Gasteiger partial charge in [-0.2, -0.15) is 0 Å². The highest BCUT2D eigenvalue weighted by Gasteiger charge is 2.25. The molecule has 1 aromatic rings. The molecule has 1 aromatic carbocycles. The summed E-state index contributed by atoms with van der Waals surface area (Å²) in [6.07, 6.45) is 1.97. The van der Waals surface area contributed by atoms with Gasteiger partial charge in [0.25, 0.3) is 0 Å². The summed E-state index contributed by atoms with van der Waals surface area (Å²) >= 11 is 0. The molecule has 1 heterocycles. The molecule has 2 rings (SSSR count). The number of fused-ring (bicyclic) bond motifs is 1. The second kappa shape index (κ2) is 5.72. The molecule has 0 aliphatic carbocycles. The van der Waals surface area contributed by atoms with Crippen molar-refractivity contribution in [2.45, 2.75) is 39.9 Å². The molecule has 0 atom stereocenters. The molecule has 0 unspecified atom stereocenters. The summed E-state index contributed by atoms with van der Waals surface area (Å²) in [6, 6.07) is 6.39. The molecule has 0 saturated heterocycles. The lowest BCUT2D eigenvalue weighted by Crippen LogP contribution is -2.32. The minimum atomic E-state index is -0.00445. The topological polar surface area (TPSA) is 41.5 Å². The Hall–Kier alpha value is -1.06. The van der Waals surface area contributed by atoms with Gasteiger partial charge in [-0.3, -0.25) is 0 Å². The number of hydrogen-bond acceptors (Lipinski definition) is 3. The number of benzene rings is 1. The maximum Gasteiger partial charge on any atom is 0.0725 e. The summed E-state index contributed by atoms with van der Waals surface area (Å²) in [5, 5.41) is 13.0. The second-order valence-corrected chi connectivity index (χ2v) is 5.20. The number of aliphatic hydroxyl groups excluding tert-OH is 1. The van der Waals surface area contributed by atoms with Crippen molar-refractivity contribution in [3.05, 3.63) is 29.3 Å². The van der Waals surface area contributed by atoms with E-state index in [-0.39, 0.29) is 12.0 Å². The van der Waals surface area contributed by atoms with Crippen LogP contribution in [0.3, 0.4) is 0 Å². The third-order valence-electron chi connectivity index (χ3n) is 4.22. The van der Waals surface area contributed by atoms with Crippen molar-refractivity contribution in [3.8, 4) is 0 Å². The third kappa shape index (κ3) is 2.68. The van der Waals surface area contributed by atoms with Crippen LogP contribution in [0.25, 0.3) is 0 Å². The Labute approximate surface area is 109 Å². The van der Waals surface area contributed by atoms with Crippen LogP contribution in [-0.4, -0.2) is 18.3 Å². The van der Waals surface area contributed by atoms with Crippen molar-refractivity contribution in [1.29, 1.82) is 0 Å². The molecule has 100 valence electrons. The Balaban J connectivity index is 2.01. The van der Waals surface area contributed by atoms with Gasteiger partial charge in [0.1, 0.15) is 0 Å². The molecule has 1 aliphatic heterocycles. The van der Waals surface area contributed by atoms with E-state index in [2.05, 4.69) is 37.4 Å². The summed E-state index contributed by atoms with van der Waals surface area (Å²) < 4.78 is 5.41. The molecule has 0 bridgehead atoms. The van der Waals surface area contributed by atoms with Crippen LogP contribution in [0.15, 0.2) is 18.2 Å². The lowest BCUT2D eigenvalue weighted by Gasteiger charge is -2.30. The van der Waals surface area contributed by atoms with E-state index in [4.69, 9.17) is 4.74 Å². The first-order valence-electron chi connectivity index (χ1n) is 6.77. The van der Waals surface area contributed by atoms with Gasteiger partial charge in [-0.1, -0.05) is 19.9 Å². The van der Waals surface area contributed by atoms with E-state index in [0.717, 1.165) is 38.3 Å². The fourth-order valence-electron chi connectivity index (χ4n) is 2.35. The number of hydrogen-bond donors (Lipinski definition) is 2. The van der Waals surface area contributed by atoms with Gasteiger partial charge in [-0.05, 0) is 36.1 Å². The van der Waals surface area contributed by atoms with Crippen LogP contribution in [0.4, 0.5) is 5.69 Å². The Kier molecular flexibility index (Phi) is 4.25. The van der Waals surface area contributed by atoms with E-state index in [9.17, 15) is 5.11 Å².